The quantitative estimate of drug-likeness (QED) is 0.430. The topological polar surface area (TPSA) is 93.6 Å². The Bertz CT molecular complexity index is 1140. The van der Waals surface area contributed by atoms with Crippen molar-refractivity contribution in [3.05, 3.63) is 48.3 Å². The van der Waals surface area contributed by atoms with Gasteiger partial charge in [-0.05, 0) is 38.3 Å². The van der Waals surface area contributed by atoms with Crippen LogP contribution < -0.4 is 15.0 Å². The van der Waals surface area contributed by atoms with Crippen molar-refractivity contribution < 1.29 is 41.0 Å². The summed E-state index contributed by atoms with van der Waals surface area (Å²) in [5, 5.41) is 2.78. The van der Waals surface area contributed by atoms with Gasteiger partial charge < -0.3 is 14.8 Å². The van der Waals surface area contributed by atoms with Gasteiger partial charge in [0.1, 0.15) is 12.1 Å². The number of rotatable bonds is 7. The first-order chi connectivity index (χ1) is 16.9. The molecule has 2 bridgehead atoms. The standard InChI is InChI=1S/C22H20ClF5N4O4/c1-21(11-8-29-10-30-9-11,20(34)31-15-7-12-3-5-17(15)35-12)32(19(33)18(23)25)16-4-2-13(6-14(16)24)36-22(26,27)28/h2,4,6,8-10,12,15,17-18H,3,5,7H2,1H3,(H,31,34)/t12-,15-,17+,18+,21+/m1/s1. The van der Waals surface area contributed by atoms with Crippen molar-refractivity contribution >= 4 is 29.1 Å². The number of carbonyl (C=O) groups is 2. The number of hydrogen-bond acceptors (Lipinski definition) is 6. The number of aromatic nitrogens is 2. The van der Waals surface area contributed by atoms with Crippen LogP contribution in [0.1, 0.15) is 31.7 Å². The second kappa shape index (κ2) is 9.77. The van der Waals surface area contributed by atoms with Crippen LogP contribution in [0.4, 0.5) is 27.6 Å². The van der Waals surface area contributed by atoms with Gasteiger partial charge in [0.15, 0.2) is 11.4 Å². The zero-order chi connectivity index (χ0) is 26.3. The highest BCUT2D eigenvalue weighted by molar-refractivity contribution is 6.32. The van der Waals surface area contributed by atoms with Gasteiger partial charge in [-0.15, -0.1) is 13.2 Å². The number of fused-ring (bicyclic) bond motifs is 2. The minimum absolute atomic E-state index is 0.0349. The minimum atomic E-state index is -5.11. The van der Waals surface area contributed by atoms with Crippen molar-refractivity contribution in [1.29, 1.82) is 0 Å². The molecule has 2 amide bonds. The number of alkyl halides is 5. The normalized spacial score (nSPS) is 23.6. The number of halogens is 6. The van der Waals surface area contributed by atoms with Gasteiger partial charge in [-0.3, -0.25) is 14.5 Å². The van der Waals surface area contributed by atoms with Crippen molar-refractivity contribution in [2.75, 3.05) is 4.90 Å². The van der Waals surface area contributed by atoms with Gasteiger partial charge >= 0.3 is 6.36 Å². The van der Waals surface area contributed by atoms with Crippen LogP contribution in [0.25, 0.3) is 0 Å². The minimum Gasteiger partial charge on any atom is -0.406 e. The van der Waals surface area contributed by atoms with E-state index in [2.05, 4.69) is 20.0 Å². The number of benzene rings is 1. The van der Waals surface area contributed by atoms with E-state index in [1.807, 2.05) is 0 Å². The van der Waals surface area contributed by atoms with E-state index in [-0.39, 0.29) is 17.8 Å². The fourth-order valence-electron chi connectivity index (χ4n) is 4.55. The van der Waals surface area contributed by atoms with Crippen molar-refractivity contribution in [1.82, 2.24) is 15.3 Å². The molecule has 0 spiro atoms. The molecule has 0 unspecified atom stereocenters. The average Bonchev–Trinajstić information content (AvgIpc) is 3.43. The Morgan fingerprint density at radius 1 is 1.25 bits per heavy atom. The smallest absolute Gasteiger partial charge is 0.406 e. The first-order valence-corrected chi connectivity index (χ1v) is 11.2. The molecule has 2 saturated heterocycles. The van der Waals surface area contributed by atoms with E-state index in [0.29, 0.717) is 23.8 Å². The summed E-state index contributed by atoms with van der Waals surface area (Å²) in [6, 6.07) is 1.40. The Morgan fingerprint density at radius 2 is 1.94 bits per heavy atom. The van der Waals surface area contributed by atoms with Crippen LogP contribution in [0.5, 0.6) is 5.75 Å². The van der Waals surface area contributed by atoms with E-state index in [0.717, 1.165) is 24.9 Å². The van der Waals surface area contributed by atoms with Gasteiger partial charge in [-0.2, -0.15) is 0 Å². The van der Waals surface area contributed by atoms with Gasteiger partial charge in [0, 0.05) is 24.0 Å². The van der Waals surface area contributed by atoms with Crippen molar-refractivity contribution in [3.8, 4) is 5.75 Å². The monoisotopic (exact) mass is 534 g/mol. The summed E-state index contributed by atoms with van der Waals surface area (Å²) in [6.45, 7) is 1.20. The number of nitrogens with zero attached hydrogens (tertiary/aromatic N) is 3. The summed E-state index contributed by atoms with van der Waals surface area (Å²) in [6.07, 6.45) is 0.104. The summed E-state index contributed by atoms with van der Waals surface area (Å²) in [7, 11) is 0. The Hall–Kier alpha value is -3.06. The summed E-state index contributed by atoms with van der Waals surface area (Å²) < 4.78 is 76.5. The molecule has 0 radical (unpaired) electrons. The van der Waals surface area contributed by atoms with Crippen LogP contribution in [-0.2, 0) is 19.9 Å². The second-order valence-electron chi connectivity index (χ2n) is 8.52. The number of anilines is 1. The number of nitrogens with one attached hydrogen (secondary N) is 1. The van der Waals surface area contributed by atoms with Crippen LogP contribution in [0.3, 0.4) is 0 Å². The molecule has 36 heavy (non-hydrogen) atoms. The molecule has 4 rings (SSSR count). The van der Waals surface area contributed by atoms with E-state index >= 15 is 4.39 Å². The maximum Gasteiger partial charge on any atom is 0.573 e. The maximum absolute atomic E-state index is 15.1. The molecule has 194 valence electrons. The van der Waals surface area contributed by atoms with E-state index in [1.54, 1.807) is 0 Å². The molecule has 2 aromatic rings. The van der Waals surface area contributed by atoms with Crippen LogP contribution in [0.15, 0.2) is 36.9 Å². The van der Waals surface area contributed by atoms with E-state index in [4.69, 9.17) is 16.3 Å². The molecule has 2 aliphatic rings. The lowest BCUT2D eigenvalue weighted by Crippen LogP contribution is -2.60. The summed E-state index contributed by atoms with van der Waals surface area (Å²) >= 11 is 5.43. The highest BCUT2D eigenvalue weighted by atomic mass is 35.5. The lowest BCUT2D eigenvalue weighted by Gasteiger charge is -2.41. The second-order valence-corrected chi connectivity index (χ2v) is 8.91. The zero-order valence-electron chi connectivity index (χ0n) is 18.6. The van der Waals surface area contributed by atoms with Gasteiger partial charge in [0.05, 0.1) is 23.9 Å². The largest absolute Gasteiger partial charge is 0.573 e. The van der Waals surface area contributed by atoms with Crippen LogP contribution >= 0.6 is 11.6 Å². The first kappa shape index (κ1) is 26.0. The fourth-order valence-corrected chi connectivity index (χ4v) is 4.65. The lowest BCUT2D eigenvalue weighted by molar-refractivity contribution is -0.274. The molecule has 3 heterocycles. The van der Waals surface area contributed by atoms with E-state index < -0.39 is 52.6 Å². The third-order valence-corrected chi connectivity index (χ3v) is 6.42. The number of hydrogen-bond donors (Lipinski definition) is 1. The summed E-state index contributed by atoms with van der Waals surface area (Å²) in [5.74, 6) is -4.71. The van der Waals surface area contributed by atoms with E-state index in [1.165, 1.54) is 19.3 Å². The molecule has 1 aromatic heterocycles. The van der Waals surface area contributed by atoms with Gasteiger partial charge in [0.25, 0.3) is 17.4 Å². The van der Waals surface area contributed by atoms with Crippen LogP contribution in [0.2, 0.25) is 0 Å². The molecule has 8 nitrogen and oxygen atoms in total. The molecule has 14 heteroatoms. The average molecular weight is 535 g/mol. The Labute approximate surface area is 206 Å². The Morgan fingerprint density at radius 3 is 2.47 bits per heavy atom. The zero-order valence-corrected chi connectivity index (χ0v) is 19.4. The highest BCUT2D eigenvalue weighted by Gasteiger charge is 2.50. The number of ether oxygens (including phenoxy) is 2. The van der Waals surface area contributed by atoms with Gasteiger partial charge in [0.2, 0.25) is 0 Å². The molecule has 2 fully saturated rings. The lowest BCUT2D eigenvalue weighted by atomic mass is 9.88. The summed E-state index contributed by atoms with van der Waals surface area (Å²) in [4.78, 5) is 34.8. The fraction of sp³-hybridized carbons (Fsp3) is 0.455. The first-order valence-electron chi connectivity index (χ1n) is 10.8. The predicted molar refractivity (Wildman–Crippen MR) is 115 cm³/mol. The predicted octanol–water partition coefficient (Wildman–Crippen LogP) is 3.73. The number of amides is 2. The third-order valence-electron chi connectivity index (χ3n) is 6.24. The number of carbonyl (C=O) groups excluding carboxylic acids is 2. The molecule has 0 saturated carbocycles. The SMILES string of the molecule is C[C@@](C(=O)N[C@@H]1C[C@H]2CC[C@@H]1O2)(c1cncnc1)N(C(=O)[C@H](F)Cl)c1ccc(OC(F)(F)F)cc1F. The van der Waals surface area contributed by atoms with Crippen molar-refractivity contribution in [2.24, 2.45) is 0 Å². The van der Waals surface area contributed by atoms with Crippen molar-refractivity contribution in [3.63, 3.8) is 0 Å². The molecule has 2 aliphatic heterocycles. The van der Waals surface area contributed by atoms with Crippen LogP contribution in [-0.4, -0.2) is 52.0 Å². The van der Waals surface area contributed by atoms with Crippen molar-refractivity contribution in [2.45, 2.75) is 62.0 Å². The molecule has 1 aromatic carbocycles. The highest BCUT2D eigenvalue weighted by Crippen LogP contribution is 2.39. The summed E-state index contributed by atoms with van der Waals surface area (Å²) in [5.41, 5.74) is -5.65. The Kier molecular flexibility index (Phi) is 7.06. The van der Waals surface area contributed by atoms with E-state index in [9.17, 15) is 27.2 Å². The molecule has 0 aliphatic carbocycles. The van der Waals surface area contributed by atoms with Crippen LogP contribution in [0, 0.1) is 5.82 Å². The molecular weight excluding hydrogens is 515 g/mol. The molecule has 5 atom stereocenters. The van der Waals surface area contributed by atoms with Gasteiger partial charge in [-0.25, -0.2) is 18.7 Å². The maximum atomic E-state index is 15.1. The Balaban J connectivity index is 1.79. The van der Waals surface area contributed by atoms with Gasteiger partial charge in [-0.1, -0.05) is 11.6 Å². The molecule has 1 N–H and O–H groups in total. The third kappa shape index (κ3) is 5.07. The molecular formula is C22H20ClF5N4O4.